The first kappa shape index (κ1) is 23.6. The Morgan fingerprint density at radius 3 is 2.43 bits per heavy atom. The maximum atomic E-state index is 12.7. The number of rotatable bonds is 5. The maximum absolute atomic E-state index is 12.7. The molecule has 0 saturated carbocycles. The zero-order valence-corrected chi connectivity index (χ0v) is 18.0. The summed E-state index contributed by atoms with van der Waals surface area (Å²) in [5.41, 5.74) is 7.36. The quantitative estimate of drug-likeness (QED) is 0.409. The molecule has 1 saturated heterocycles. The summed E-state index contributed by atoms with van der Waals surface area (Å²) in [6.45, 7) is 1.12. The van der Waals surface area contributed by atoms with E-state index in [1.165, 1.54) is 7.11 Å². The van der Waals surface area contributed by atoms with Gasteiger partial charge in [0, 0.05) is 53.6 Å². The number of nitrogen functional groups attached to an aromatic ring is 1. The number of likely N-dealkylation sites (tertiary alicyclic amines) is 1. The number of hydrogen-bond donors (Lipinski definition) is 2. The van der Waals surface area contributed by atoms with Gasteiger partial charge < -0.3 is 15.4 Å². The lowest BCUT2D eigenvalue weighted by Gasteiger charge is -2.31. The molecule has 1 fully saturated rings. The number of halogens is 2. The molecular formula is C20H23Cl2N5O3. The molecule has 1 amide bonds. The number of amidine groups is 1. The van der Waals surface area contributed by atoms with E-state index in [1.54, 1.807) is 35.5 Å². The molecule has 1 aromatic heterocycles. The number of nitrogens with two attached hydrogens (primary N) is 1. The van der Waals surface area contributed by atoms with E-state index in [1.807, 2.05) is 0 Å². The SMILES string of the molecule is COC(=O)CC1CCN(C(=O)c2ncc(-c3ccc(C(=N)N)cc3Cl)cn2)CC1.Cl. The smallest absolute Gasteiger partial charge is 0.305 e. The second kappa shape index (κ2) is 10.4. The van der Waals surface area contributed by atoms with Crippen molar-refractivity contribution in [2.45, 2.75) is 19.3 Å². The fourth-order valence-corrected chi connectivity index (χ4v) is 3.58. The number of nitrogens with zero attached hydrogens (tertiary/aromatic N) is 3. The summed E-state index contributed by atoms with van der Waals surface area (Å²) >= 11 is 6.28. The molecule has 2 aromatic rings. The van der Waals surface area contributed by atoms with Gasteiger partial charge in [0.05, 0.1) is 7.11 Å². The lowest BCUT2D eigenvalue weighted by Crippen LogP contribution is -2.39. The largest absolute Gasteiger partial charge is 0.469 e. The summed E-state index contributed by atoms with van der Waals surface area (Å²) in [5, 5.41) is 7.89. The van der Waals surface area contributed by atoms with Crippen LogP contribution in [-0.4, -0.2) is 52.8 Å². The molecule has 30 heavy (non-hydrogen) atoms. The average Bonchev–Trinajstić information content (AvgIpc) is 2.73. The van der Waals surface area contributed by atoms with E-state index in [0.29, 0.717) is 41.2 Å². The van der Waals surface area contributed by atoms with E-state index in [4.69, 9.17) is 27.5 Å². The maximum Gasteiger partial charge on any atom is 0.305 e. The molecule has 0 spiro atoms. The highest BCUT2D eigenvalue weighted by atomic mass is 35.5. The van der Waals surface area contributed by atoms with Crippen molar-refractivity contribution in [1.29, 1.82) is 5.41 Å². The predicted octanol–water partition coefficient (Wildman–Crippen LogP) is 2.92. The van der Waals surface area contributed by atoms with E-state index in [-0.39, 0.29) is 41.9 Å². The molecule has 0 radical (unpaired) electrons. The predicted molar refractivity (Wildman–Crippen MR) is 116 cm³/mol. The van der Waals surface area contributed by atoms with Crippen LogP contribution in [0, 0.1) is 11.3 Å². The van der Waals surface area contributed by atoms with Crippen molar-refractivity contribution in [3.8, 4) is 11.1 Å². The van der Waals surface area contributed by atoms with Gasteiger partial charge in [0.15, 0.2) is 0 Å². The zero-order chi connectivity index (χ0) is 21.0. The Morgan fingerprint density at radius 2 is 1.90 bits per heavy atom. The Bertz CT molecular complexity index is 929. The third-order valence-electron chi connectivity index (χ3n) is 5.02. The Morgan fingerprint density at radius 1 is 1.27 bits per heavy atom. The van der Waals surface area contributed by atoms with Crippen LogP contribution in [0.4, 0.5) is 0 Å². The molecule has 160 valence electrons. The van der Waals surface area contributed by atoms with Crippen LogP contribution in [0.15, 0.2) is 30.6 Å². The minimum atomic E-state index is -0.230. The van der Waals surface area contributed by atoms with Crippen molar-refractivity contribution in [1.82, 2.24) is 14.9 Å². The third kappa shape index (κ3) is 5.46. The summed E-state index contributed by atoms with van der Waals surface area (Å²) in [6, 6.07) is 5.04. The summed E-state index contributed by atoms with van der Waals surface area (Å²) in [6.07, 6.45) is 4.98. The standard InChI is InChI=1S/C20H22ClN5O3.ClH/c1-29-17(27)8-12-4-6-26(7-5-12)20(28)19-24-10-14(11-25-19)15-3-2-13(18(22)23)9-16(15)21;/h2-3,9-12H,4-8H2,1H3,(H3,22,23);1H. The van der Waals surface area contributed by atoms with Gasteiger partial charge >= 0.3 is 5.97 Å². The van der Waals surface area contributed by atoms with Crippen LogP contribution >= 0.6 is 24.0 Å². The molecule has 1 aliphatic heterocycles. The van der Waals surface area contributed by atoms with Crippen LogP contribution in [-0.2, 0) is 9.53 Å². The van der Waals surface area contributed by atoms with Crippen molar-refractivity contribution in [2.75, 3.05) is 20.2 Å². The van der Waals surface area contributed by atoms with E-state index >= 15 is 0 Å². The van der Waals surface area contributed by atoms with Crippen LogP contribution in [0.3, 0.4) is 0 Å². The number of piperidine rings is 1. The Balaban J connectivity index is 0.00000320. The Labute approximate surface area is 185 Å². The minimum absolute atomic E-state index is 0. The lowest BCUT2D eigenvalue weighted by molar-refractivity contribution is -0.142. The van der Waals surface area contributed by atoms with Gasteiger partial charge in [0.25, 0.3) is 5.91 Å². The van der Waals surface area contributed by atoms with Gasteiger partial charge in [-0.15, -0.1) is 12.4 Å². The summed E-state index contributed by atoms with van der Waals surface area (Å²) in [7, 11) is 1.38. The molecule has 0 unspecified atom stereocenters. The van der Waals surface area contributed by atoms with Crippen LogP contribution in [0.2, 0.25) is 5.02 Å². The highest BCUT2D eigenvalue weighted by Crippen LogP contribution is 2.28. The first-order chi connectivity index (χ1) is 13.9. The summed E-state index contributed by atoms with van der Waals surface area (Å²) < 4.78 is 4.71. The molecule has 8 nitrogen and oxygen atoms in total. The van der Waals surface area contributed by atoms with Crippen LogP contribution in [0.25, 0.3) is 11.1 Å². The van der Waals surface area contributed by atoms with Crippen molar-refractivity contribution in [2.24, 2.45) is 11.7 Å². The van der Waals surface area contributed by atoms with Crippen LogP contribution in [0.1, 0.15) is 35.4 Å². The number of carbonyl (C=O) groups excluding carboxylic acids is 2. The van der Waals surface area contributed by atoms with Crippen molar-refractivity contribution >= 4 is 41.7 Å². The van der Waals surface area contributed by atoms with Gasteiger partial charge in [-0.25, -0.2) is 9.97 Å². The molecule has 3 N–H and O–H groups in total. The van der Waals surface area contributed by atoms with Crippen LogP contribution in [0.5, 0.6) is 0 Å². The van der Waals surface area contributed by atoms with Crippen molar-refractivity contribution in [3.05, 3.63) is 47.0 Å². The number of aromatic nitrogens is 2. The monoisotopic (exact) mass is 451 g/mol. The highest BCUT2D eigenvalue weighted by molar-refractivity contribution is 6.33. The Hall–Kier alpha value is -2.71. The fourth-order valence-electron chi connectivity index (χ4n) is 3.29. The third-order valence-corrected chi connectivity index (χ3v) is 5.33. The van der Waals surface area contributed by atoms with Gasteiger partial charge in [-0.3, -0.25) is 15.0 Å². The number of amides is 1. The lowest BCUT2D eigenvalue weighted by atomic mass is 9.93. The second-order valence-electron chi connectivity index (χ2n) is 6.92. The molecule has 3 rings (SSSR count). The first-order valence-corrected chi connectivity index (χ1v) is 9.59. The normalized spacial score (nSPS) is 14.0. The van der Waals surface area contributed by atoms with E-state index in [0.717, 1.165) is 12.8 Å². The molecule has 0 aliphatic carbocycles. The van der Waals surface area contributed by atoms with Gasteiger partial charge in [0.2, 0.25) is 5.82 Å². The van der Waals surface area contributed by atoms with Gasteiger partial charge in [-0.1, -0.05) is 23.7 Å². The number of methoxy groups -OCH3 is 1. The number of benzene rings is 1. The molecule has 0 atom stereocenters. The van der Waals surface area contributed by atoms with E-state index in [2.05, 4.69) is 9.97 Å². The fraction of sp³-hybridized carbons (Fsp3) is 0.350. The number of nitrogens with one attached hydrogen (secondary N) is 1. The number of carbonyl (C=O) groups is 2. The molecule has 0 bridgehead atoms. The van der Waals surface area contributed by atoms with Crippen molar-refractivity contribution < 1.29 is 14.3 Å². The van der Waals surface area contributed by atoms with Gasteiger partial charge in [-0.05, 0) is 24.8 Å². The Kier molecular flexibility index (Phi) is 8.14. The minimum Gasteiger partial charge on any atom is -0.469 e. The number of esters is 1. The average molecular weight is 452 g/mol. The molecule has 1 aromatic carbocycles. The van der Waals surface area contributed by atoms with Crippen LogP contribution < -0.4 is 5.73 Å². The molecule has 2 heterocycles. The number of ether oxygens (including phenoxy) is 1. The number of hydrogen-bond acceptors (Lipinski definition) is 6. The summed E-state index contributed by atoms with van der Waals surface area (Å²) in [4.78, 5) is 34.2. The van der Waals surface area contributed by atoms with Gasteiger partial charge in [0.1, 0.15) is 5.84 Å². The second-order valence-corrected chi connectivity index (χ2v) is 7.33. The highest BCUT2D eigenvalue weighted by Gasteiger charge is 2.26. The summed E-state index contributed by atoms with van der Waals surface area (Å²) in [5.74, 6) is -0.160. The topological polar surface area (TPSA) is 122 Å². The molecular weight excluding hydrogens is 429 g/mol. The molecule has 10 heteroatoms. The first-order valence-electron chi connectivity index (χ1n) is 9.21. The van der Waals surface area contributed by atoms with E-state index in [9.17, 15) is 9.59 Å². The van der Waals surface area contributed by atoms with Gasteiger partial charge in [-0.2, -0.15) is 0 Å². The zero-order valence-electron chi connectivity index (χ0n) is 16.4. The van der Waals surface area contributed by atoms with E-state index < -0.39 is 0 Å². The van der Waals surface area contributed by atoms with Crippen molar-refractivity contribution in [3.63, 3.8) is 0 Å². The molecule has 1 aliphatic rings.